The highest BCUT2D eigenvalue weighted by molar-refractivity contribution is 6.33. The molecule has 2 rings (SSSR count). The maximum absolute atomic E-state index is 12.1. The first kappa shape index (κ1) is 12.3. The van der Waals surface area contributed by atoms with Crippen molar-refractivity contribution in [2.75, 3.05) is 13.6 Å². The standard InChI is InChI=1S/C12H15ClN2O2/c1-15(7-8-4-9(16)5-8)12(17)10-2-3-14-6-11(10)13/h2-3,6,8-9,16H,4-5,7H2,1H3. The lowest BCUT2D eigenvalue weighted by molar-refractivity contribution is 0.0265. The maximum Gasteiger partial charge on any atom is 0.255 e. The highest BCUT2D eigenvalue weighted by Crippen LogP contribution is 2.28. The summed E-state index contributed by atoms with van der Waals surface area (Å²) in [5, 5.41) is 9.57. The molecule has 0 saturated heterocycles. The Morgan fingerprint density at radius 2 is 2.35 bits per heavy atom. The molecule has 0 aromatic carbocycles. The molecule has 5 heteroatoms. The smallest absolute Gasteiger partial charge is 0.255 e. The number of aromatic nitrogens is 1. The lowest BCUT2D eigenvalue weighted by atomic mass is 9.82. The summed E-state index contributed by atoms with van der Waals surface area (Å²) in [6.45, 7) is 0.661. The first-order chi connectivity index (χ1) is 8.08. The first-order valence-electron chi connectivity index (χ1n) is 5.61. The molecule has 1 heterocycles. The van der Waals surface area contributed by atoms with Gasteiger partial charge in [0.05, 0.1) is 16.7 Å². The molecule has 1 fully saturated rings. The van der Waals surface area contributed by atoms with Crippen molar-refractivity contribution in [3.8, 4) is 0 Å². The lowest BCUT2D eigenvalue weighted by Crippen LogP contribution is -2.39. The topological polar surface area (TPSA) is 53.4 Å². The fourth-order valence-electron chi connectivity index (χ4n) is 2.07. The maximum atomic E-state index is 12.1. The molecule has 1 N–H and O–H groups in total. The van der Waals surface area contributed by atoms with Crippen LogP contribution in [0.2, 0.25) is 5.02 Å². The van der Waals surface area contributed by atoms with Crippen LogP contribution in [0.4, 0.5) is 0 Å². The molecular weight excluding hydrogens is 240 g/mol. The molecule has 1 saturated carbocycles. The van der Waals surface area contributed by atoms with Gasteiger partial charge in [0.25, 0.3) is 5.91 Å². The average molecular weight is 255 g/mol. The lowest BCUT2D eigenvalue weighted by Gasteiger charge is -2.34. The minimum Gasteiger partial charge on any atom is -0.393 e. The zero-order chi connectivity index (χ0) is 12.4. The van der Waals surface area contributed by atoms with Crippen LogP contribution in [0.1, 0.15) is 23.2 Å². The number of carbonyl (C=O) groups excluding carboxylic acids is 1. The van der Waals surface area contributed by atoms with E-state index in [-0.39, 0.29) is 12.0 Å². The van der Waals surface area contributed by atoms with Crippen molar-refractivity contribution >= 4 is 17.5 Å². The van der Waals surface area contributed by atoms with Gasteiger partial charge in [-0.1, -0.05) is 11.6 Å². The Kier molecular flexibility index (Phi) is 3.64. The Balaban J connectivity index is 1.97. The minimum atomic E-state index is -0.187. The molecule has 1 amide bonds. The fourth-order valence-corrected chi connectivity index (χ4v) is 2.27. The van der Waals surface area contributed by atoms with Gasteiger partial charge < -0.3 is 10.0 Å². The van der Waals surface area contributed by atoms with Gasteiger partial charge in [-0.25, -0.2) is 0 Å². The predicted octanol–water partition coefficient (Wildman–Crippen LogP) is 1.58. The second kappa shape index (κ2) is 5.02. The van der Waals surface area contributed by atoms with Crippen LogP contribution in [0.25, 0.3) is 0 Å². The van der Waals surface area contributed by atoms with Gasteiger partial charge in [-0.2, -0.15) is 0 Å². The van der Waals surface area contributed by atoms with Crippen molar-refractivity contribution in [1.29, 1.82) is 0 Å². The number of hydrogen-bond donors (Lipinski definition) is 1. The SMILES string of the molecule is CN(CC1CC(O)C1)C(=O)c1ccncc1Cl. The zero-order valence-electron chi connectivity index (χ0n) is 9.64. The molecule has 17 heavy (non-hydrogen) atoms. The Hall–Kier alpha value is -1.13. The highest BCUT2D eigenvalue weighted by Gasteiger charge is 2.29. The summed E-state index contributed by atoms with van der Waals surface area (Å²) in [6.07, 6.45) is 4.40. The Bertz CT molecular complexity index is 419. The average Bonchev–Trinajstić information content (AvgIpc) is 2.26. The summed E-state index contributed by atoms with van der Waals surface area (Å²) < 4.78 is 0. The number of aliphatic hydroxyl groups excluding tert-OH is 1. The van der Waals surface area contributed by atoms with Crippen molar-refractivity contribution in [2.24, 2.45) is 5.92 Å². The molecule has 0 aliphatic heterocycles. The summed E-state index contributed by atoms with van der Waals surface area (Å²) in [4.78, 5) is 17.6. The van der Waals surface area contributed by atoms with Crippen LogP contribution in [-0.2, 0) is 0 Å². The number of nitrogens with zero attached hydrogens (tertiary/aromatic N) is 2. The number of hydrogen-bond acceptors (Lipinski definition) is 3. The predicted molar refractivity (Wildman–Crippen MR) is 64.9 cm³/mol. The van der Waals surface area contributed by atoms with E-state index in [0.29, 0.717) is 23.0 Å². The molecule has 1 aliphatic rings. The third kappa shape index (κ3) is 2.76. The van der Waals surface area contributed by atoms with Gasteiger partial charge in [-0.05, 0) is 24.8 Å². The quantitative estimate of drug-likeness (QED) is 0.891. The van der Waals surface area contributed by atoms with Crippen LogP contribution < -0.4 is 0 Å². The van der Waals surface area contributed by atoms with Crippen LogP contribution in [0.5, 0.6) is 0 Å². The first-order valence-corrected chi connectivity index (χ1v) is 5.98. The van der Waals surface area contributed by atoms with E-state index in [1.54, 1.807) is 24.2 Å². The summed E-state index contributed by atoms with van der Waals surface area (Å²) in [5.74, 6) is 0.304. The van der Waals surface area contributed by atoms with Gasteiger partial charge in [0, 0.05) is 26.0 Å². The number of rotatable bonds is 3. The summed E-state index contributed by atoms with van der Waals surface area (Å²) >= 11 is 5.92. The number of halogens is 1. The van der Waals surface area contributed by atoms with E-state index in [0.717, 1.165) is 12.8 Å². The number of amides is 1. The second-order valence-electron chi connectivity index (χ2n) is 4.53. The van der Waals surface area contributed by atoms with Crippen LogP contribution in [-0.4, -0.2) is 40.6 Å². The van der Waals surface area contributed by atoms with Crippen molar-refractivity contribution in [2.45, 2.75) is 18.9 Å². The normalized spacial score (nSPS) is 23.0. The van der Waals surface area contributed by atoms with Crippen molar-refractivity contribution in [3.63, 3.8) is 0 Å². The van der Waals surface area contributed by atoms with Gasteiger partial charge >= 0.3 is 0 Å². The number of carbonyl (C=O) groups is 1. The monoisotopic (exact) mass is 254 g/mol. The van der Waals surface area contributed by atoms with Crippen LogP contribution in [0.15, 0.2) is 18.5 Å². The Labute approximate surface area is 105 Å². The third-order valence-electron chi connectivity index (χ3n) is 3.09. The zero-order valence-corrected chi connectivity index (χ0v) is 10.4. The van der Waals surface area contributed by atoms with Crippen LogP contribution in [0.3, 0.4) is 0 Å². The Morgan fingerprint density at radius 3 is 2.94 bits per heavy atom. The molecule has 0 radical (unpaired) electrons. The summed E-state index contributed by atoms with van der Waals surface area (Å²) in [7, 11) is 1.75. The molecule has 4 nitrogen and oxygen atoms in total. The van der Waals surface area contributed by atoms with E-state index < -0.39 is 0 Å². The summed E-state index contributed by atoms with van der Waals surface area (Å²) in [6, 6.07) is 1.62. The molecular formula is C12H15ClN2O2. The number of pyridine rings is 1. The van der Waals surface area contributed by atoms with Crippen LogP contribution in [0, 0.1) is 5.92 Å². The van der Waals surface area contributed by atoms with Crippen molar-refractivity contribution in [3.05, 3.63) is 29.0 Å². The van der Waals surface area contributed by atoms with E-state index in [4.69, 9.17) is 11.6 Å². The van der Waals surface area contributed by atoms with Crippen LogP contribution >= 0.6 is 11.6 Å². The molecule has 0 atom stereocenters. The van der Waals surface area contributed by atoms with Gasteiger partial charge in [-0.3, -0.25) is 9.78 Å². The second-order valence-corrected chi connectivity index (χ2v) is 4.94. The van der Waals surface area contributed by atoms with Crippen molar-refractivity contribution in [1.82, 2.24) is 9.88 Å². The molecule has 92 valence electrons. The van der Waals surface area contributed by atoms with E-state index in [1.807, 2.05) is 0 Å². The third-order valence-corrected chi connectivity index (χ3v) is 3.39. The van der Waals surface area contributed by atoms with E-state index in [2.05, 4.69) is 4.98 Å². The van der Waals surface area contributed by atoms with Gasteiger partial charge in [0.15, 0.2) is 0 Å². The summed E-state index contributed by atoms with van der Waals surface area (Å²) in [5.41, 5.74) is 0.476. The van der Waals surface area contributed by atoms with E-state index in [9.17, 15) is 9.90 Å². The molecule has 1 aliphatic carbocycles. The largest absolute Gasteiger partial charge is 0.393 e. The molecule has 0 bridgehead atoms. The highest BCUT2D eigenvalue weighted by atomic mass is 35.5. The fraction of sp³-hybridized carbons (Fsp3) is 0.500. The van der Waals surface area contributed by atoms with Gasteiger partial charge in [0.2, 0.25) is 0 Å². The van der Waals surface area contributed by atoms with Gasteiger partial charge in [-0.15, -0.1) is 0 Å². The Morgan fingerprint density at radius 1 is 1.65 bits per heavy atom. The van der Waals surface area contributed by atoms with Gasteiger partial charge in [0.1, 0.15) is 0 Å². The molecule has 0 unspecified atom stereocenters. The molecule has 0 spiro atoms. The van der Waals surface area contributed by atoms with E-state index in [1.165, 1.54) is 6.20 Å². The molecule has 1 aromatic rings. The molecule has 1 aromatic heterocycles. The minimum absolute atomic E-state index is 0.0983. The van der Waals surface area contributed by atoms with Crippen molar-refractivity contribution < 1.29 is 9.90 Å². The van der Waals surface area contributed by atoms with E-state index >= 15 is 0 Å². The number of aliphatic hydroxyl groups is 1.